The second-order valence-electron chi connectivity index (χ2n) is 10.2. The van der Waals surface area contributed by atoms with E-state index >= 15 is 0 Å². The summed E-state index contributed by atoms with van der Waals surface area (Å²) in [5.74, 6) is 0. The molecule has 0 saturated carbocycles. The van der Waals surface area contributed by atoms with Gasteiger partial charge in [-0.1, -0.05) is 24.3 Å². The fraction of sp³-hybridized carbons (Fsp3) is 0.278. The third-order valence-corrected chi connectivity index (χ3v) is 7.43. The summed E-state index contributed by atoms with van der Waals surface area (Å²) in [6, 6.07) is 30.3. The van der Waals surface area contributed by atoms with Crippen LogP contribution in [-0.4, -0.2) is 27.2 Å². The number of aryl methyl sites for hydroxylation is 2. The van der Waals surface area contributed by atoms with Gasteiger partial charge < -0.3 is 34.6 Å². The Morgan fingerprint density at radius 1 is 0.524 bits per heavy atom. The largest absolute Gasteiger partial charge is 1.00 e. The number of benzene rings is 2. The lowest BCUT2D eigenvalue weighted by Crippen LogP contribution is -3.00. The van der Waals surface area contributed by atoms with Crippen molar-refractivity contribution in [3.63, 3.8) is 0 Å². The number of halogens is 2. The van der Waals surface area contributed by atoms with E-state index in [1.54, 1.807) is 0 Å². The molecule has 4 aromatic rings. The van der Waals surface area contributed by atoms with Crippen LogP contribution in [0.4, 0.5) is 11.4 Å². The van der Waals surface area contributed by atoms with Crippen molar-refractivity contribution in [1.82, 2.24) is 0 Å². The van der Waals surface area contributed by atoms with Crippen LogP contribution < -0.4 is 43.7 Å². The molecule has 0 fully saturated rings. The maximum absolute atomic E-state index is 2.35. The molecule has 0 unspecified atom stereocenters. The van der Waals surface area contributed by atoms with E-state index < -0.39 is 0 Å². The maximum Gasteiger partial charge on any atom is 0.205 e. The van der Waals surface area contributed by atoms with Crippen LogP contribution in [0.5, 0.6) is 0 Å². The first-order chi connectivity index (χ1) is 19.6. The average Bonchev–Trinajstić information content (AvgIpc) is 3.01. The Morgan fingerprint density at radius 3 is 1.26 bits per heavy atom. The van der Waals surface area contributed by atoms with E-state index in [1.165, 1.54) is 33.9 Å². The van der Waals surface area contributed by atoms with E-state index in [4.69, 9.17) is 0 Å². The van der Waals surface area contributed by atoms with Gasteiger partial charge in [0.15, 0.2) is 12.4 Å². The lowest BCUT2D eigenvalue weighted by molar-refractivity contribution is -0.695. The van der Waals surface area contributed by atoms with Crippen molar-refractivity contribution in [2.24, 2.45) is 0 Å². The molecule has 4 rings (SSSR count). The summed E-state index contributed by atoms with van der Waals surface area (Å²) in [6.07, 6.45) is 15.3. The summed E-state index contributed by atoms with van der Waals surface area (Å²) in [7, 11) is 4.37. The van der Waals surface area contributed by atoms with Gasteiger partial charge in [0, 0.05) is 75.0 Å². The third kappa shape index (κ3) is 10.0. The van der Waals surface area contributed by atoms with Crippen LogP contribution >= 0.6 is 0 Å². The van der Waals surface area contributed by atoms with Gasteiger partial charge in [-0.2, -0.15) is 9.13 Å². The van der Waals surface area contributed by atoms with Crippen LogP contribution in [0.3, 0.4) is 0 Å². The zero-order valence-electron chi connectivity index (χ0n) is 25.3. The molecule has 0 N–H and O–H groups in total. The Bertz CT molecular complexity index is 1290. The van der Waals surface area contributed by atoms with Crippen LogP contribution in [0, 0.1) is 0 Å². The van der Waals surface area contributed by atoms with Crippen molar-refractivity contribution in [2.45, 2.75) is 39.8 Å². The number of unbranched alkanes of at least 4 members (excludes halogenated alkanes) is 1. The monoisotopic (exact) mass is 602 g/mol. The standard InChI is InChI=1S/C36H44N4.2ClH/c1-5-39-29-9-7-13-35(39)25-19-31-15-21-33(22-16-31)37(3)27-11-12-28-38(4)34-23-17-32(18-24-34)20-26-36-14-8-10-30-40(36)6-2;;/h7-10,13-26,29-30H,5-6,11-12,27-28H2,1-4H3;2*1H/q+2;;/p-2. The third-order valence-electron chi connectivity index (χ3n) is 7.43. The quantitative estimate of drug-likeness (QED) is 0.167. The summed E-state index contributed by atoms with van der Waals surface area (Å²) in [5, 5.41) is 0. The number of hydrogen-bond acceptors (Lipinski definition) is 2. The van der Waals surface area contributed by atoms with Crippen LogP contribution in [0.15, 0.2) is 97.3 Å². The Labute approximate surface area is 265 Å². The Hall–Kier alpha value is -3.60. The van der Waals surface area contributed by atoms with E-state index in [-0.39, 0.29) is 24.8 Å². The second kappa shape index (κ2) is 18.0. The zero-order valence-corrected chi connectivity index (χ0v) is 26.8. The molecule has 0 amide bonds. The number of aromatic nitrogens is 2. The van der Waals surface area contributed by atoms with Gasteiger partial charge in [-0.05, 0) is 86.4 Å². The molecule has 0 saturated heterocycles. The second-order valence-corrected chi connectivity index (χ2v) is 10.2. The molecule has 0 aliphatic carbocycles. The molecule has 2 aromatic carbocycles. The van der Waals surface area contributed by atoms with Gasteiger partial charge in [-0.15, -0.1) is 0 Å². The molecule has 4 nitrogen and oxygen atoms in total. The van der Waals surface area contributed by atoms with Gasteiger partial charge in [0.25, 0.3) is 0 Å². The molecular formula is C36H44Cl2N4. The summed E-state index contributed by atoms with van der Waals surface area (Å²) >= 11 is 0. The highest BCUT2D eigenvalue weighted by molar-refractivity contribution is 5.69. The first-order valence-electron chi connectivity index (χ1n) is 14.5. The molecule has 6 heteroatoms. The first kappa shape index (κ1) is 34.6. The van der Waals surface area contributed by atoms with Gasteiger partial charge in [-0.3, -0.25) is 0 Å². The van der Waals surface area contributed by atoms with Gasteiger partial charge in [0.2, 0.25) is 11.4 Å². The first-order valence-corrected chi connectivity index (χ1v) is 14.5. The Balaban J connectivity index is 0.00000308. The minimum absolute atomic E-state index is 0. The lowest BCUT2D eigenvalue weighted by Gasteiger charge is -2.22. The minimum Gasteiger partial charge on any atom is -1.00 e. The molecule has 0 radical (unpaired) electrons. The predicted molar refractivity (Wildman–Crippen MR) is 171 cm³/mol. The highest BCUT2D eigenvalue weighted by atomic mass is 35.5. The van der Waals surface area contributed by atoms with Crippen molar-refractivity contribution in [3.8, 4) is 0 Å². The van der Waals surface area contributed by atoms with Crippen LogP contribution in [0.2, 0.25) is 0 Å². The van der Waals surface area contributed by atoms with Crippen LogP contribution in [0.1, 0.15) is 49.2 Å². The Morgan fingerprint density at radius 2 is 0.905 bits per heavy atom. The van der Waals surface area contributed by atoms with Crippen molar-refractivity contribution in [3.05, 3.63) is 120 Å². The van der Waals surface area contributed by atoms with Gasteiger partial charge in [0.1, 0.15) is 13.1 Å². The van der Waals surface area contributed by atoms with E-state index in [0.29, 0.717) is 0 Å². The van der Waals surface area contributed by atoms with E-state index in [2.05, 4.69) is 169 Å². The van der Waals surface area contributed by atoms with E-state index in [1.807, 2.05) is 0 Å². The molecule has 0 spiro atoms. The van der Waals surface area contributed by atoms with Gasteiger partial charge >= 0.3 is 0 Å². The molecule has 42 heavy (non-hydrogen) atoms. The van der Waals surface area contributed by atoms with Gasteiger partial charge in [-0.25, -0.2) is 0 Å². The van der Waals surface area contributed by atoms with Crippen LogP contribution in [-0.2, 0) is 13.1 Å². The maximum atomic E-state index is 2.35. The van der Waals surface area contributed by atoms with E-state index in [9.17, 15) is 0 Å². The number of hydrogen-bond donors (Lipinski definition) is 0. The molecular weight excluding hydrogens is 559 g/mol. The number of pyridine rings is 2. The normalized spacial score (nSPS) is 10.9. The predicted octanol–water partition coefficient (Wildman–Crippen LogP) is 1.00. The van der Waals surface area contributed by atoms with Gasteiger partial charge in [0.05, 0.1) is 0 Å². The van der Waals surface area contributed by atoms with Crippen molar-refractivity contribution >= 4 is 35.7 Å². The van der Waals surface area contributed by atoms with Crippen molar-refractivity contribution in [1.29, 1.82) is 0 Å². The Kier molecular flexibility index (Phi) is 14.9. The average molecular weight is 604 g/mol. The number of nitrogens with zero attached hydrogens (tertiary/aromatic N) is 4. The number of rotatable bonds is 13. The van der Waals surface area contributed by atoms with Crippen LogP contribution in [0.25, 0.3) is 24.3 Å². The van der Waals surface area contributed by atoms with E-state index in [0.717, 1.165) is 39.0 Å². The summed E-state index contributed by atoms with van der Waals surface area (Å²) < 4.78 is 4.49. The molecule has 222 valence electrons. The lowest BCUT2D eigenvalue weighted by atomic mass is 10.1. The molecule has 0 aliphatic rings. The SMILES string of the molecule is CC[n+]1ccccc1/C=C/c1ccc(N(C)CCCCN(C)c2ccc(/C=C/c3cccc[n+]3CC)cc2)cc1.[Cl-].[Cl-]. The van der Waals surface area contributed by atoms with Crippen molar-refractivity contribution < 1.29 is 33.9 Å². The summed E-state index contributed by atoms with van der Waals surface area (Å²) in [4.78, 5) is 4.71. The molecule has 0 bridgehead atoms. The molecule has 0 aliphatic heterocycles. The minimum atomic E-state index is 0. The zero-order chi connectivity index (χ0) is 28.2. The number of anilines is 2. The fourth-order valence-corrected chi connectivity index (χ4v) is 4.86. The highest BCUT2D eigenvalue weighted by Gasteiger charge is 2.06. The fourth-order valence-electron chi connectivity index (χ4n) is 4.86. The summed E-state index contributed by atoms with van der Waals surface area (Å²) in [6.45, 7) is 8.37. The highest BCUT2D eigenvalue weighted by Crippen LogP contribution is 2.18. The molecule has 2 aromatic heterocycles. The molecule has 2 heterocycles. The summed E-state index contributed by atoms with van der Waals surface area (Å²) in [5.41, 5.74) is 7.40. The molecule has 0 atom stereocenters. The van der Waals surface area contributed by atoms with Crippen molar-refractivity contribution in [2.75, 3.05) is 37.0 Å². The topological polar surface area (TPSA) is 14.2 Å². The smallest absolute Gasteiger partial charge is 0.205 e.